The van der Waals surface area contributed by atoms with Gasteiger partial charge in [0.1, 0.15) is 6.54 Å². The number of nitrogens with zero attached hydrogens (tertiary/aromatic N) is 1. The summed E-state index contributed by atoms with van der Waals surface area (Å²) < 4.78 is 37.5. The van der Waals surface area contributed by atoms with E-state index < -0.39 is 12.7 Å². The molecule has 1 aromatic rings. The van der Waals surface area contributed by atoms with Gasteiger partial charge in [-0.25, -0.2) is 0 Å². The topological polar surface area (TPSA) is 3.24 Å². The van der Waals surface area contributed by atoms with Crippen LogP contribution >= 0.6 is 11.6 Å². The van der Waals surface area contributed by atoms with Crippen LogP contribution < -0.4 is 4.90 Å². The smallest absolute Gasteiger partial charge is 0.360 e. The summed E-state index contributed by atoms with van der Waals surface area (Å²) in [5.41, 5.74) is 1.27. The molecule has 0 heterocycles. The number of alkyl halides is 4. The van der Waals surface area contributed by atoms with E-state index in [4.69, 9.17) is 11.6 Å². The number of anilines is 1. The normalized spacial score (nSPS) is 11.9. The molecule has 0 fully saturated rings. The lowest BCUT2D eigenvalue weighted by Gasteiger charge is -2.31. The van der Waals surface area contributed by atoms with Crippen molar-refractivity contribution in [3.63, 3.8) is 0 Å². The first kappa shape index (κ1) is 14.2. The van der Waals surface area contributed by atoms with Crippen molar-refractivity contribution in [3.05, 3.63) is 29.8 Å². The minimum atomic E-state index is -4.22. The van der Waals surface area contributed by atoms with Crippen LogP contribution in [-0.2, 0) is 5.88 Å². The third-order valence-corrected chi connectivity index (χ3v) is 2.71. The van der Waals surface area contributed by atoms with Crippen LogP contribution in [-0.4, -0.2) is 18.8 Å². The van der Waals surface area contributed by atoms with E-state index in [9.17, 15) is 13.2 Å². The van der Waals surface area contributed by atoms with Crippen LogP contribution in [0.4, 0.5) is 18.9 Å². The van der Waals surface area contributed by atoms with Gasteiger partial charge in [0.15, 0.2) is 0 Å². The van der Waals surface area contributed by atoms with Crippen LogP contribution in [0.3, 0.4) is 0 Å². The van der Waals surface area contributed by atoms with Crippen LogP contribution in [0.5, 0.6) is 0 Å². The molecule has 1 aromatic carbocycles. The number of para-hydroxylation sites is 1. The largest absolute Gasteiger partial charge is 0.405 e. The number of benzene rings is 1. The quantitative estimate of drug-likeness (QED) is 0.738. The van der Waals surface area contributed by atoms with E-state index >= 15 is 0 Å². The van der Waals surface area contributed by atoms with Gasteiger partial charge in [0, 0.05) is 17.6 Å². The number of hydrogen-bond donors (Lipinski definition) is 0. The standard InChI is InChI=1S/C12H15ClF3N/c1-9(2)17(8-12(14,15)16)11-6-4-3-5-10(11)7-13/h3-6,9H,7-8H2,1-2H3. The maximum Gasteiger partial charge on any atom is 0.405 e. The van der Waals surface area contributed by atoms with E-state index in [1.54, 1.807) is 38.1 Å². The van der Waals surface area contributed by atoms with E-state index in [0.717, 1.165) is 0 Å². The lowest BCUT2D eigenvalue weighted by atomic mass is 10.1. The van der Waals surface area contributed by atoms with Crippen LogP contribution in [0, 0.1) is 0 Å². The summed E-state index contributed by atoms with van der Waals surface area (Å²) in [6, 6.07) is 6.67. The second-order valence-corrected chi connectivity index (χ2v) is 4.37. The average Bonchev–Trinajstić information content (AvgIpc) is 2.24. The molecule has 0 aliphatic carbocycles. The van der Waals surface area contributed by atoms with Crippen molar-refractivity contribution < 1.29 is 13.2 Å². The fourth-order valence-electron chi connectivity index (χ4n) is 1.64. The molecule has 0 saturated heterocycles. The Morgan fingerprint density at radius 3 is 2.29 bits per heavy atom. The molecule has 0 unspecified atom stereocenters. The molecule has 0 spiro atoms. The molecule has 0 aliphatic heterocycles. The van der Waals surface area contributed by atoms with Crippen molar-refractivity contribution in [1.29, 1.82) is 0 Å². The van der Waals surface area contributed by atoms with Gasteiger partial charge < -0.3 is 4.90 Å². The maximum atomic E-state index is 12.5. The van der Waals surface area contributed by atoms with Crippen molar-refractivity contribution in [2.24, 2.45) is 0 Å². The van der Waals surface area contributed by atoms with Crippen LogP contribution in [0.25, 0.3) is 0 Å². The summed E-state index contributed by atoms with van der Waals surface area (Å²) in [4.78, 5) is 1.32. The summed E-state index contributed by atoms with van der Waals surface area (Å²) in [7, 11) is 0. The third kappa shape index (κ3) is 4.11. The summed E-state index contributed by atoms with van der Waals surface area (Å²) in [5, 5.41) is 0. The molecule has 1 nitrogen and oxygen atoms in total. The van der Waals surface area contributed by atoms with Crippen molar-refractivity contribution in [3.8, 4) is 0 Å². The van der Waals surface area contributed by atoms with Gasteiger partial charge in [0.2, 0.25) is 0 Å². The average molecular weight is 266 g/mol. The molecule has 0 amide bonds. The van der Waals surface area contributed by atoms with E-state index in [2.05, 4.69) is 0 Å². The maximum absolute atomic E-state index is 12.5. The third-order valence-electron chi connectivity index (χ3n) is 2.42. The van der Waals surface area contributed by atoms with E-state index in [0.29, 0.717) is 11.3 Å². The monoisotopic (exact) mass is 265 g/mol. The van der Waals surface area contributed by atoms with Gasteiger partial charge in [-0.1, -0.05) is 18.2 Å². The molecule has 0 radical (unpaired) electrons. The van der Waals surface area contributed by atoms with Crippen molar-refractivity contribution in [2.75, 3.05) is 11.4 Å². The van der Waals surface area contributed by atoms with Gasteiger partial charge >= 0.3 is 6.18 Å². The molecule has 0 aliphatic rings. The number of hydrogen-bond acceptors (Lipinski definition) is 1. The first-order valence-electron chi connectivity index (χ1n) is 5.32. The second kappa shape index (κ2) is 5.63. The lowest BCUT2D eigenvalue weighted by molar-refractivity contribution is -0.120. The molecule has 0 saturated carbocycles. The summed E-state index contributed by atoms with van der Waals surface area (Å²) >= 11 is 5.74. The molecule has 0 aromatic heterocycles. The predicted octanol–water partition coefficient (Wildman–Crippen LogP) is 4.20. The highest BCUT2D eigenvalue weighted by Crippen LogP contribution is 2.27. The predicted molar refractivity (Wildman–Crippen MR) is 64.5 cm³/mol. The van der Waals surface area contributed by atoms with Crippen LogP contribution in [0.2, 0.25) is 0 Å². The highest BCUT2D eigenvalue weighted by atomic mass is 35.5. The summed E-state index contributed by atoms with van der Waals surface area (Å²) in [6.45, 7) is 2.51. The van der Waals surface area contributed by atoms with Crippen molar-refractivity contribution in [1.82, 2.24) is 0 Å². The molecule has 0 bridgehead atoms. The van der Waals surface area contributed by atoms with E-state index in [-0.39, 0.29) is 11.9 Å². The fraction of sp³-hybridized carbons (Fsp3) is 0.500. The Balaban J connectivity index is 3.05. The SMILES string of the molecule is CC(C)N(CC(F)(F)F)c1ccccc1CCl. The zero-order valence-electron chi connectivity index (χ0n) is 9.76. The van der Waals surface area contributed by atoms with Gasteiger partial charge in [-0.3, -0.25) is 0 Å². The molecular weight excluding hydrogens is 251 g/mol. The second-order valence-electron chi connectivity index (χ2n) is 4.10. The molecule has 0 atom stereocenters. The molecule has 17 heavy (non-hydrogen) atoms. The van der Waals surface area contributed by atoms with Gasteiger partial charge in [0.05, 0.1) is 0 Å². The van der Waals surface area contributed by atoms with Gasteiger partial charge in [-0.15, -0.1) is 11.6 Å². The lowest BCUT2D eigenvalue weighted by Crippen LogP contribution is -2.39. The molecule has 0 N–H and O–H groups in total. The Hall–Kier alpha value is -0.900. The molecule has 5 heteroatoms. The molecule has 96 valence electrons. The number of halogens is 4. The van der Waals surface area contributed by atoms with Crippen LogP contribution in [0.15, 0.2) is 24.3 Å². The van der Waals surface area contributed by atoms with Gasteiger partial charge in [-0.05, 0) is 25.5 Å². The zero-order chi connectivity index (χ0) is 13.1. The summed E-state index contributed by atoms with van der Waals surface area (Å²) in [6.07, 6.45) is -4.22. The molecule has 1 rings (SSSR count). The first-order chi connectivity index (χ1) is 7.85. The Bertz CT molecular complexity index is 363. The Morgan fingerprint density at radius 2 is 1.82 bits per heavy atom. The van der Waals surface area contributed by atoms with E-state index in [1.807, 2.05) is 0 Å². The van der Waals surface area contributed by atoms with Crippen molar-refractivity contribution >= 4 is 17.3 Å². The fourth-order valence-corrected chi connectivity index (χ4v) is 1.87. The first-order valence-corrected chi connectivity index (χ1v) is 5.86. The molecular formula is C12H15ClF3N. The van der Waals surface area contributed by atoms with Gasteiger partial charge in [0.25, 0.3) is 0 Å². The highest BCUT2D eigenvalue weighted by molar-refractivity contribution is 6.17. The zero-order valence-corrected chi connectivity index (χ0v) is 10.5. The Kier molecular flexibility index (Phi) is 4.69. The number of rotatable bonds is 4. The van der Waals surface area contributed by atoms with Gasteiger partial charge in [-0.2, -0.15) is 13.2 Å². The highest BCUT2D eigenvalue weighted by Gasteiger charge is 2.32. The Morgan fingerprint density at radius 1 is 1.24 bits per heavy atom. The van der Waals surface area contributed by atoms with Crippen molar-refractivity contribution in [2.45, 2.75) is 31.9 Å². The summed E-state index contributed by atoms with van der Waals surface area (Å²) in [5.74, 6) is 0.206. The minimum Gasteiger partial charge on any atom is -0.360 e. The minimum absolute atomic E-state index is 0.206. The van der Waals surface area contributed by atoms with E-state index in [1.165, 1.54) is 4.90 Å². The Labute approximate surface area is 104 Å². The van der Waals surface area contributed by atoms with Crippen LogP contribution in [0.1, 0.15) is 19.4 Å².